The van der Waals surface area contributed by atoms with Crippen LogP contribution in [0.5, 0.6) is 5.75 Å². The molecule has 3 nitrogen and oxygen atoms in total. The molecule has 1 rings (SSSR count). The highest BCUT2D eigenvalue weighted by molar-refractivity contribution is 5.48. The maximum absolute atomic E-state index is 9.60. The van der Waals surface area contributed by atoms with Gasteiger partial charge in [-0.3, -0.25) is 0 Å². The van der Waals surface area contributed by atoms with E-state index < -0.39 is 0 Å². The molecule has 20 heavy (non-hydrogen) atoms. The maximum Gasteiger partial charge on any atom is 0.121 e. The van der Waals surface area contributed by atoms with Gasteiger partial charge in [0.15, 0.2) is 0 Å². The third kappa shape index (κ3) is 4.71. The number of anilines is 1. The first kappa shape index (κ1) is 16.8. The van der Waals surface area contributed by atoms with Gasteiger partial charge in [-0.05, 0) is 38.3 Å². The van der Waals surface area contributed by atoms with E-state index in [0.29, 0.717) is 0 Å². The average Bonchev–Trinajstić information content (AvgIpc) is 2.49. The first-order valence-electron chi connectivity index (χ1n) is 7.70. The summed E-state index contributed by atoms with van der Waals surface area (Å²) in [5.41, 5.74) is 1.01. The van der Waals surface area contributed by atoms with Gasteiger partial charge in [0.1, 0.15) is 5.75 Å². The number of ether oxygens (including phenoxy) is 1. The minimum absolute atomic E-state index is 0.0342. The highest BCUT2D eigenvalue weighted by atomic mass is 16.5. The van der Waals surface area contributed by atoms with Gasteiger partial charge in [0, 0.05) is 23.7 Å². The summed E-state index contributed by atoms with van der Waals surface area (Å²) in [4.78, 5) is 0. The van der Waals surface area contributed by atoms with Crippen molar-refractivity contribution in [2.75, 3.05) is 18.5 Å². The summed E-state index contributed by atoms with van der Waals surface area (Å²) in [6, 6.07) is 8.05. The molecule has 0 saturated heterocycles. The number of aliphatic hydroxyl groups is 1. The van der Waals surface area contributed by atoms with Crippen LogP contribution in [0.1, 0.15) is 47.0 Å². The molecule has 1 atom stereocenters. The molecular weight excluding hydrogens is 250 g/mol. The van der Waals surface area contributed by atoms with Crippen LogP contribution in [0.25, 0.3) is 0 Å². The van der Waals surface area contributed by atoms with Gasteiger partial charge in [0.2, 0.25) is 0 Å². The molecule has 114 valence electrons. The second-order valence-corrected chi connectivity index (χ2v) is 5.58. The Hall–Kier alpha value is -1.22. The van der Waals surface area contributed by atoms with E-state index in [1.54, 1.807) is 0 Å². The largest absolute Gasteiger partial charge is 0.491 e. The molecular formula is C17H29NO2. The fourth-order valence-electron chi connectivity index (χ4n) is 2.06. The topological polar surface area (TPSA) is 41.5 Å². The van der Waals surface area contributed by atoms with E-state index in [2.05, 4.69) is 33.0 Å². The molecule has 1 aromatic carbocycles. The molecule has 0 aromatic heterocycles. The Labute approximate surface area is 123 Å². The van der Waals surface area contributed by atoms with E-state index in [9.17, 15) is 5.11 Å². The van der Waals surface area contributed by atoms with Crippen LogP contribution in [0, 0.1) is 5.41 Å². The summed E-state index contributed by atoms with van der Waals surface area (Å²) >= 11 is 0. The lowest BCUT2D eigenvalue weighted by Gasteiger charge is -2.30. The summed E-state index contributed by atoms with van der Waals surface area (Å²) in [5.74, 6) is 0.895. The number of hydrogen-bond acceptors (Lipinski definition) is 3. The Morgan fingerprint density at radius 2 is 1.95 bits per heavy atom. The van der Waals surface area contributed by atoms with E-state index in [4.69, 9.17) is 4.74 Å². The Kier molecular flexibility index (Phi) is 6.86. The molecule has 2 N–H and O–H groups in total. The van der Waals surface area contributed by atoms with Crippen LogP contribution in [0.15, 0.2) is 24.3 Å². The minimum atomic E-state index is -0.0342. The third-order valence-corrected chi connectivity index (χ3v) is 4.25. The van der Waals surface area contributed by atoms with Gasteiger partial charge in [-0.1, -0.05) is 26.8 Å². The maximum atomic E-state index is 9.60. The average molecular weight is 279 g/mol. The number of benzene rings is 1. The van der Waals surface area contributed by atoms with E-state index in [1.165, 1.54) is 0 Å². The molecule has 0 aliphatic heterocycles. The molecule has 1 unspecified atom stereocenters. The minimum Gasteiger partial charge on any atom is -0.491 e. The van der Waals surface area contributed by atoms with Crippen LogP contribution in [0.2, 0.25) is 0 Å². The van der Waals surface area contributed by atoms with Crippen molar-refractivity contribution in [3.63, 3.8) is 0 Å². The second kappa shape index (κ2) is 8.15. The Morgan fingerprint density at radius 3 is 2.50 bits per heavy atom. The van der Waals surface area contributed by atoms with Gasteiger partial charge in [0.05, 0.1) is 12.7 Å². The molecule has 0 radical (unpaired) electrons. The molecule has 0 bridgehead atoms. The first-order valence-corrected chi connectivity index (χ1v) is 7.70. The lowest BCUT2D eigenvalue weighted by molar-refractivity contribution is 0.127. The van der Waals surface area contributed by atoms with E-state index >= 15 is 0 Å². The van der Waals surface area contributed by atoms with Gasteiger partial charge in [0.25, 0.3) is 0 Å². The van der Waals surface area contributed by atoms with Crippen molar-refractivity contribution < 1.29 is 9.84 Å². The Morgan fingerprint density at radius 1 is 1.25 bits per heavy atom. The van der Waals surface area contributed by atoms with Crippen molar-refractivity contribution in [2.45, 2.75) is 53.1 Å². The second-order valence-electron chi connectivity index (χ2n) is 5.58. The highest BCUT2D eigenvalue weighted by Gasteiger charge is 2.24. The lowest BCUT2D eigenvalue weighted by Crippen LogP contribution is -2.32. The summed E-state index contributed by atoms with van der Waals surface area (Å²) < 4.78 is 5.83. The Balaban J connectivity index is 2.66. The van der Waals surface area contributed by atoms with Crippen LogP contribution in [0.3, 0.4) is 0 Å². The predicted octanol–water partition coefficient (Wildman–Crippen LogP) is 4.07. The molecule has 0 spiro atoms. The van der Waals surface area contributed by atoms with Crippen LogP contribution in [-0.2, 0) is 0 Å². The number of hydrogen-bond donors (Lipinski definition) is 2. The summed E-state index contributed by atoms with van der Waals surface area (Å²) in [5, 5.41) is 13.0. The molecule has 3 heteroatoms. The van der Waals surface area contributed by atoms with Gasteiger partial charge >= 0.3 is 0 Å². The fraction of sp³-hybridized carbons (Fsp3) is 0.647. The monoisotopic (exact) mass is 279 g/mol. The molecule has 0 aliphatic rings. The smallest absolute Gasteiger partial charge is 0.121 e. The van der Waals surface area contributed by atoms with Crippen molar-refractivity contribution in [1.82, 2.24) is 0 Å². The number of rotatable bonds is 9. The molecule has 0 fully saturated rings. The summed E-state index contributed by atoms with van der Waals surface area (Å²) in [6.45, 7) is 9.45. The van der Waals surface area contributed by atoms with Crippen molar-refractivity contribution >= 4 is 5.69 Å². The zero-order chi connectivity index (χ0) is 15.0. The number of nitrogens with one attached hydrogen (secondary N) is 1. The summed E-state index contributed by atoms with van der Waals surface area (Å²) in [6.07, 6.45) is 3.16. The quantitative estimate of drug-likeness (QED) is 0.716. The third-order valence-electron chi connectivity index (χ3n) is 4.25. The van der Waals surface area contributed by atoms with Crippen molar-refractivity contribution in [3.8, 4) is 5.75 Å². The molecule has 1 aromatic rings. The van der Waals surface area contributed by atoms with Crippen LogP contribution in [-0.4, -0.2) is 24.4 Å². The first-order chi connectivity index (χ1) is 9.59. The van der Waals surface area contributed by atoms with Gasteiger partial charge in [-0.2, -0.15) is 0 Å². The van der Waals surface area contributed by atoms with Gasteiger partial charge in [-0.25, -0.2) is 0 Å². The van der Waals surface area contributed by atoms with Crippen molar-refractivity contribution in [1.29, 1.82) is 0 Å². The molecule has 0 heterocycles. The van der Waals surface area contributed by atoms with Gasteiger partial charge < -0.3 is 15.2 Å². The highest BCUT2D eigenvalue weighted by Crippen LogP contribution is 2.27. The van der Waals surface area contributed by atoms with Crippen LogP contribution < -0.4 is 10.1 Å². The zero-order valence-corrected chi connectivity index (χ0v) is 13.3. The van der Waals surface area contributed by atoms with E-state index in [-0.39, 0.29) is 18.1 Å². The van der Waals surface area contributed by atoms with Crippen molar-refractivity contribution in [3.05, 3.63) is 24.3 Å². The molecule has 0 amide bonds. The fourth-order valence-corrected chi connectivity index (χ4v) is 2.06. The molecule has 0 aliphatic carbocycles. The zero-order valence-electron chi connectivity index (χ0n) is 13.3. The standard InChI is InChI=1S/C17H29NO2/c1-5-14(4)20-16-10-8-9-15(11-16)18-12-17(6-2,7-3)13-19/h8-11,14,18-19H,5-7,12-13H2,1-4H3. The lowest BCUT2D eigenvalue weighted by atomic mass is 9.83. The predicted molar refractivity (Wildman–Crippen MR) is 85.4 cm³/mol. The normalized spacial score (nSPS) is 13.1. The SMILES string of the molecule is CCC(C)Oc1cccc(NCC(CC)(CC)CO)c1. The molecule has 0 saturated carbocycles. The Bertz CT molecular complexity index is 380. The van der Waals surface area contributed by atoms with Crippen LogP contribution in [0.4, 0.5) is 5.69 Å². The van der Waals surface area contributed by atoms with Crippen molar-refractivity contribution in [2.24, 2.45) is 5.41 Å². The number of aliphatic hydroxyl groups excluding tert-OH is 1. The van der Waals surface area contributed by atoms with E-state index in [1.807, 2.05) is 24.3 Å². The summed E-state index contributed by atoms with van der Waals surface area (Å²) in [7, 11) is 0. The van der Waals surface area contributed by atoms with E-state index in [0.717, 1.165) is 37.2 Å². The van der Waals surface area contributed by atoms with Crippen LogP contribution >= 0.6 is 0 Å². The van der Waals surface area contributed by atoms with Gasteiger partial charge in [-0.15, -0.1) is 0 Å².